The molecule has 1 saturated heterocycles. The molecule has 0 aliphatic carbocycles. The van der Waals surface area contributed by atoms with E-state index in [0.29, 0.717) is 18.1 Å². The van der Waals surface area contributed by atoms with E-state index in [1.165, 1.54) is 18.4 Å². The smallest absolute Gasteiger partial charge is 0.257 e. The Bertz CT molecular complexity index is 589. The molecule has 0 unspecified atom stereocenters. The highest BCUT2D eigenvalue weighted by Gasteiger charge is 2.22. The van der Waals surface area contributed by atoms with Gasteiger partial charge in [0.05, 0.1) is 0 Å². The van der Waals surface area contributed by atoms with E-state index in [1.54, 1.807) is 4.90 Å². The third kappa shape index (κ3) is 5.81. The van der Waals surface area contributed by atoms with Crippen molar-refractivity contribution in [2.24, 2.45) is 0 Å². The Labute approximate surface area is 148 Å². The Balaban J connectivity index is 1.70. The number of hydrazine groups is 1. The van der Waals surface area contributed by atoms with Gasteiger partial charge >= 0.3 is 0 Å². The minimum Gasteiger partial charge on any atom is -0.333 e. The van der Waals surface area contributed by atoms with Crippen LogP contribution in [0.15, 0.2) is 24.3 Å². The summed E-state index contributed by atoms with van der Waals surface area (Å²) in [6.07, 6.45) is 4.77. The minimum absolute atomic E-state index is 0.0222. The van der Waals surface area contributed by atoms with Crippen LogP contribution in [-0.2, 0) is 16.0 Å². The summed E-state index contributed by atoms with van der Waals surface area (Å²) in [6.45, 7) is 2.87. The summed E-state index contributed by atoms with van der Waals surface area (Å²) in [5.41, 5.74) is 7.31. The zero-order valence-electron chi connectivity index (χ0n) is 13.9. The standard InChI is InChI=1S/C17H24N4O2S/c1-2-3-5-13-7-9-14(10-8-13)18-17(24)20-19-15(22)12-21-11-4-6-16(21)23/h7-10H,2-6,11-12H2,1H3,(H,19,22)(H2,18,20,24). The molecule has 0 aromatic heterocycles. The Morgan fingerprint density at radius 1 is 1.25 bits per heavy atom. The Kier molecular flexibility index (Phi) is 6.99. The van der Waals surface area contributed by atoms with Crippen LogP contribution in [0.2, 0.25) is 0 Å². The van der Waals surface area contributed by atoms with Gasteiger partial charge in [-0.2, -0.15) is 0 Å². The van der Waals surface area contributed by atoms with Gasteiger partial charge in [0, 0.05) is 18.7 Å². The molecule has 7 heteroatoms. The Hall–Kier alpha value is -2.15. The number of unbranched alkanes of at least 4 members (excludes halogenated alkanes) is 1. The predicted molar refractivity (Wildman–Crippen MR) is 98.4 cm³/mol. The van der Waals surface area contributed by atoms with Gasteiger partial charge in [-0.15, -0.1) is 0 Å². The van der Waals surface area contributed by atoms with E-state index < -0.39 is 0 Å². The average molecular weight is 348 g/mol. The highest BCUT2D eigenvalue weighted by molar-refractivity contribution is 7.80. The molecule has 24 heavy (non-hydrogen) atoms. The first-order valence-corrected chi connectivity index (χ1v) is 8.72. The summed E-state index contributed by atoms with van der Waals surface area (Å²) < 4.78 is 0. The summed E-state index contributed by atoms with van der Waals surface area (Å²) in [5.74, 6) is -0.265. The number of anilines is 1. The Morgan fingerprint density at radius 2 is 2.00 bits per heavy atom. The fourth-order valence-electron chi connectivity index (χ4n) is 2.51. The molecule has 3 N–H and O–H groups in total. The first-order valence-electron chi connectivity index (χ1n) is 8.31. The van der Waals surface area contributed by atoms with Crippen molar-refractivity contribution in [1.29, 1.82) is 0 Å². The first-order chi connectivity index (χ1) is 11.6. The van der Waals surface area contributed by atoms with Gasteiger partial charge in [-0.25, -0.2) is 0 Å². The number of hydrogen-bond donors (Lipinski definition) is 3. The zero-order valence-corrected chi connectivity index (χ0v) is 14.7. The van der Waals surface area contributed by atoms with E-state index in [2.05, 4.69) is 35.2 Å². The van der Waals surface area contributed by atoms with Gasteiger partial charge in [-0.1, -0.05) is 25.5 Å². The van der Waals surface area contributed by atoms with Crippen LogP contribution in [0.5, 0.6) is 0 Å². The number of rotatable bonds is 6. The van der Waals surface area contributed by atoms with Crippen LogP contribution in [0, 0.1) is 0 Å². The molecule has 0 bridgehead atoms. The lowest BCUT2D eigenvalue weighted by atomic mass is 10.1. The lowest BCUT2D eigenvalue weighted by Crippen LogP contribution is -2.48. The van der Waals surface area contributed by atoms with Gasteiger partial charge in [-0.05, 0) is 49.2 Å². The number of carbonyl (C=O) groups excluding carboxylic acids is 2. The summed E-state index contributed by atoms with van der Waals surface area (Å²) in [7, 11) is 0. The largest absolute Gasteiger partial charge is 0.333 e. The van der Waals surface area contributed by atoms with E-state index in [-0.39, 0.29) is 18.4 Å². The third-order valence-electron chi connectivity index (χ3n) is 3.85. The first kappa shape index (κ1) is 18.2. The quantitative estimate of drug-likeness (QED) is 0.541. The van der Waals surface area contributed by atoms with Crippen molar-refractivity contribution in [2.45, 2.75) is 39.0 Å². The van der Waals surface area contributed by atoms with Gasteiger partial charge in [0.2, 0.25) is 5.91 Å². The molecule has 0 radical (unpaired) electrons. The molecule has 6 nitrogen and oxygen atoms in total. The molecule has 0 spiro atoms. The van der Waals surface area contributed by atoms with Crippen molar-refractivity contribution in [2.75, 3.05) is 18.4 Å². The van der Waals surface area contributed by atoms with Gasteiger partial charge in [0.15, 0.2) is 5.11 Å². The van der Waals surface area contributed by atoms with E-state index in [9.17, 15) is 9.59 Å². The van der Waals surface area contributed by atoms with E-state index in [1.807, 2.05) is 12.1 Å². The fourth-order valence-corrected chi connectivity index (χ4v) is 2.68. The number of carbonyl (C=O) groups is 2. The normalized spacial score (nSPS) is 13.7. The molecular formula is C17H24N4O2S. The molecule has 1 fully saturated rings. The molecule has 2 amide bonds. The summed E-state index contributed by atoms with van der Waals surface area (Å²) in [6, 6.07) is 8.06. The van der Waals surface area contributed by atoms with Crippen LogP contribution >= 0.6 is 12.2 Å². The maximum atomic E-state index is 11.8. The predicted octanol–water partition coefficient (Wildman–Crippen LogP) is 1.97. The third-order valence-corrected chi connectivity index (χ3v) is 4.06. The summed E-state index contributed by atoms with van der Waals surface area (Å²) in [4.78, 5) is 24.8. The zero-order chi connectivity index (χ0) is 17.4. The fraction of sp³-hybridized carbons (Fsp3) is 0.471. The second kappa shape index (κ2) is 9.22. The average Bonchev–Trinajstić information content (AvgIpc) is 2.97. The molecule has 0 atom stereocenters. The monoisotopic (exact) mass is 348 g/mol. The maximum absolute atomic E-state index is 11.8. The van der Waals surface area contributed by atoms with Crippen molar-refractivity contribution in [3.63, 3.8) is 0 Å². The summed E-state index contributed by atoms with van der Waals surface area (Å²) >= 11 is 5.15. The molecule has 130 valence electrons. The van der Waals surface area contributed by atoms with Crippen LogP contribution in [0.3, 0.4) is 0 Å². The lowest BCUT2D eigenvalue weighted by Gasteiger charge is -2.16. The number of thiocarbonyl (C=S) groups is 1. The van der Waals surface area contributed by atoms with Gasteiger partial charge in [0.1, 0.15) is 6.54 Å². The molecule has 1 heterocycles. The van der Waals surface area contributed by atoms with Crippen molar-refractivity contribution in [1.82, 2.24) is 15.8 Å². The number of amides is 2. The van der Waals surface area contributed by atoms with Crippen LogP contribution in [0.1, 0.15) is 38.2 Å². The molecule has 1 aliphatic rings. The molecule has 0 saturated carbocycles. The molecule has 1 aromatic carbocycles. The van der Waals surface area contributed by atoms with Crippen molar-refractivity contribution in [3.8, 4) is 0 Å². The van der Waals surface area contributed by atoms with Crippen molar-refractivity contribution < 1.29 is 9.59 Å². The topological polar surface area (TPSA) is 73.5 Å². The van der Waals surface area contributed by atoms with Crippen LogP contribution in [0.25, 0.3) is 0 Å². The van der Waals surface area contributed by atoms with E-state index in [0.717, 1.165) is 18.5 Å². The van der Waals surface area contributed by atoms with Crippen molar-refractivity contribution in [3.05, 3.63) is 29.8 Å². The molecule has 1 aliphatic heterocycles. The second-order valence-electron chi connectivity index (χ2n) is 5.85. The SMILES string of the molecule is CCCCc1ccc(NC(=S)NNC(=O)CN2CCCC2=O)cc1. The summed E-state index contributed by atoms with van der Waals surface area (Å²) in [5, 5.41) is 3.31. The van der Waals surface area contributed by atoms with Crippen LogP contribution < -0.4 is 16.2 Å². The van der Waals surface area contributed by atoms with Gasteiger partial charge < -0.3 is 10.2 Å². The second-order valence-corrected chi connectivity index (χ2v) is 6.25. The molecule has 2 rings (SSSR count). The van der Waals surface area contributed by atoms with Gasteiger partial charge in [-0.3, -0.25) is 20.4 Å². The number of benzene rings is 1. The highest BCUT2D eigenvalue weighted by atomic mass is 32.1. The number of nitrogens with zero attached hydrogens (tertiary/aromatic N) is 1. The van der Waals surface area contributed by atoms with Crippen molar-refractivity contribution >= 4 is 34.8 Å². The Morgan fingerprint density at radius 3 is 2.62 bits per heavy atom. The van der Waals surface area contributed by atoms with Crippen LogP contribution in [-0.4, -0.2) is 34.9 Å². The number of likely N-dealkylation sites (tertiary alicyclic amines) is 1. The van der Waals surface area contributed by atoms with Crippen LogP contribution in [0.4, 0.5) is 5.69 Å². The highest BCUT2D eigenvalue weighted by Crippen LogP contribution is 2.11. The van der Waals surface area contributed by atoms with E-state index >= 15 is 0 Å². The van der Waals surface area contributed by atoms with E-state index in [4.69, 9.17) is 12.2 Å². The number of nitrogens with one attached hydrogen (secondary N) is 3. The number of hydrogen-bond acceptors (Lipinski definition) is 3. The number of aryl methyl sites for hydroxylation is 1. The lowest BCUT2D eigenvalue weighted by molar-refractivity contribution is -0.133. The maximum Gasteiger partial charge on any atom is 0.257 e. The molecule has 1 aromatic rings. The molecular weight excluding hydrogens is 324 g/mol. The van der Waals surface area contributed by atoms with Gasteiger partial charge in [0.25, 0.3) is 5.91 Å². The minimum atomic E-state index is -0.288.